The lowest BCUT2D eigenvalue weighted by molar-refractivity contribution is 0.102. The lowest BCUT2D eigenvalue weighted by Crippen LogP contribution is -2.19. The molecule has 1 amide bonds. The largest absolute Gasteiger partial charge is 0.320 e. The number of anilines is 1. The van der Waals surface area contributed by atoms with E-state index in [4.69, 9.17) is 11.6 Å². The Morgan fingerprint density at radius 3 is 2.43 bits per heavy atom. The fourth-order valence-corrected chi connectivity index (χ4v) is 2.85. The Bertz CT molecular complexity index is 846. The molecule has 0 aliphatic rings. The molecule has 0 radical (unpaired) electrons. The molecule has 23 heavy (non-hydrogen) atoms. The van der Waals surface area contributed by atoms with E-state index >= 15 is 0 Å². The Hall–Kier alpha value is -1.99. The molecule has 0 saturated heterocycles. The maximum absolute atomic E-state index is 12.4. The number of benzene rings is 1. The maximum Gasteiger partial charge on any atom is 0.276 e. The van der Waals surface area contributed by atoms with E-state index in [-0.39, 0.29) is 16.5 Å². The summed E-state index contributed by atoms with van der Waals surface area (Å²) in [6.07, 6.45) is 1.12. The second-order valence-corrected chi connectivity index (χ2v) is 7.55. The molecule has 0 aliphatic heterocycles. The van der Waals surface area contributed by atoms with E-state index in [0.29, 0.717) is 5.69 Å². The van der Waals surface area contributed by atoms with Crippen LogP contribution in [0.2, 0.25) is 5.02 Å². The SMILES string of the molecule is CCS(=O)(=O)c1ncc(Cl)c(C(=O)Nc2c(C)cccc2C)n1. The summed E-state index contributed by atoms with van der Waals surface area (Å²) in [5.74, 6) is -0.741. The van der Waals surface area contributed by atoms with Gasteiger partial charge in [-0.05, 0) is 25.0 Å². The number of aryl methyl sites for hydroxylation is 2. The van der Waals surface area contributed by atoms with Crippen LogP contribution in [0.3, 0.4) is 0 Å². The van der Waals surface area contributed by atoms with Gasteiger partial charge in [0, 0.05) is 5.69 Å². The van der Waals surface area contributed by atoms with Gasteiger partial charge in [0.2, 0.25) is 15.0 Å². The van der Waals surface area contributed by atoms with E-state index in [1.165, 1.54) is 6.92 Å². The molecule has 0 saturated carbocycles. The van der Waals surface area contributed by atoms with Crippen molar-refractivity contribution in [2.24, 2.45) is 0 Å². The third-order valence-electron chi connectivity index (χ3n) is 3.31. The summed E-state index contributed by atoms with van der Waals surface area (Å²) < 4.78 is 23.7. The van der Waals surface area contributed by atoms with Gasteiger partial charge in [-0.25, -0.2) is 18.4 Å². The highest BCUT2D eigenvalue weighted by Gasteiger charge is 2.21. The van der Waals surface area contributed by atoms with E-state index in [9.17, 15) is 13.2 Å². The molecule has 1 aromatic carbocycles. The summed E-state index contributed by atoms with van der Waals surface area (Å²) >= 11 is 5.95. The number of halogens is 1. The van der Waals surface area contributed by atoms with Crippen molar-refractivity contribution in [2.45, 2.75) is 25.9 Å². The minimum atomic E-state index is -3.62. The second-order valence-electron chi connectivity index (χ2n) is 4.97. The fourth-order valence-electron chi connectivity index (χ4n) is 1.97. The third kappa shape index (κ3) is 3.68. The first-order valence-electron chi connectivity index (χ1n) is 6.89. The van der Waals surface area contributed by atoms with E-state index in [0.717, 1.165) is 17.3 Å². The number of para-hydroxylation sites is 1. The first kappa shape index (κ1) is 17.4. The van der Waals surface area contributed by atoms with Crippen molar-refractivity contribution in [3.8, 4) is 0 Å². The monoisotopic (exact) mass is 353 g/mol. The Labute approximate surface area is 139 Å². The quantitative estimate of drug-likeness (QED) is 0.854. The number of hydrogen-bond acceptors (Lipinski definition) is 5. The highest BCUT2D eigenvalue weighted by Crippen LogP contribution is 2.22. The number of nitrogens with one attached hydrogen (secondary N) is 1. The van der Waals surface area contributed by atoms with E-state index in [2.05, 4.69) is 15.3 Å². The highest BCUT2D eigenvalue weighted by molar-refractivity contribution is 7.91. The van der Waals surface area contributed by atoms with Crippen LogP contribution in [0.4, 0.5) is 5.69 Å². The van der Waals surface area contributed by atoms with Gasteiger partial charge in [0.15, 0.2) is 5.69 Å². The van der Waals surface area contributed by atoms with Crippen LogP contribution in [-0.4, -0.2) is 30.0 Å². The molecule has 0 spiro atoms. The molecule has 1 N–H and O–H groups in total. The lowest BCUT2D eigenvalue weighted by Gasteiger charge is -2.12. The molecule has 122 valence electrons. The third-order valence-corrected chi connectivity index (χ3v) is 5.10. The zero-order valence-corrected chi connectivity index (χ0v) is 14.5. The van der Waals surface area contributed by atoms with Crippen LogP contribution in [0.15, 0.2) is 29.6 Å². The van der Waals surface area contributed by atoms with Crippen LogP contribution in [0.5, 0.6) is 0 Å². The number of amides is 1. The Balaban J connectivity index is 2.42. The second kappa shape index (κ2) is 6.64. The molecule has 0 atom stereocenters. The van der Waals surface area contributed by atoms with Gasteiger partial charge in [-0.2, -0.15) is 0 Å². The van der Waals surface area contributed by atoms with Crippen LogP contribution < -0.4 is 5.32 Å². The molecule has 1 heterocycles. The topological polar surface area (TPSA) is 89.0 Å². The average molecular weight is 354 g/mol. The summed E-state index contributed by atoms with van der Waals surface area (Å²) in [4.78, 5) is 19.9. The molecule has 0 fully saturated rings. The molecule has 0 unspecified atom stereocenters. The van der Waals surface area contributed by atoms with Crippen molar-refractivity contribution in [1.29, 1.82) is 0 Å². The van der Waals surface area contributed by atoms with Gasteiger partial charge in [0.1, 0.15) is 0 Å². The summed E-state index contributed by atoms with van der Waals surface area (Å²) in [5, 5.41) is 2.31. The molecule has 8 heteroatoms. The van der Waals surface area contributed by atoms with Crippen molar-refractivity contribution in [3.63, 3.8) is 0 Å². The smallest absolute Gasteiger partial charge is 0.276 e. The maximum atomic E-state index is 12.4. The van der Waals surface area contributed by atoms with Gasteiger partial charge in [-0.3, -0.25) is 4.79 Å². The fraction of sp³-hybridized carbons (Fsp3) is 0.267. The molecular formula is C15H16ClN3O3S. The standard InChI is InChI=1S/C15H16ClN3O3S/c1-4-23(21,22)15-17-8-11(16)13(19-15)14(20)18-12-9(2)6-5-7-10(12)3/h5-8H,4H2,1-3H3,(H,18,20). The zero-order chi connectivity index (χ0) is 17.2. The van der Waals surface area contributed by atoms with Gasteiger partial charge in [0.25, 0.3) is 5.91 Å². The summed E-state index contributed by atoms with van der Waals surface area (Å²) in [6.45, 7) is 5.19. The van der Waals surface area contributed by atoms with Gasteiger partial charge < -0.3 is 5.32 Å². The summed E-state index contributed by atoms with van der Waals surface area (Å²) in [7, 11) is -3.62. The predicted molar refractivity (Wildman–Crippen MR) is 88.6 cm³/mol. The number of carbonyl (C=O) groups excluding carboxylic acids is 1. The van der Waals surface area contributed by atoms with Crippen LogP contribution in [0.1, 0.15) is 28.5 Å². The molecule has 6 nitrogen and oxygen atoms in total. The Kier molecular flexibility index (Phi) is 5.01. The van der Waals surface area contributed by atoms with E-state index in [1.807, 2.05) is 32.0 Å². The van der Waals surface area contributed by atoms with Gasteiger partial charge in [-0.15, -0.1) is 0 Å². The first-order valence-corrected chi connectivity index (χ1v) is 8.92. The summed E-state index contributed by atoms with van der Waals surface area (Å²) in [5.41, 5.74) is 2.23. The normalized spacial score (nSPS) is 11.3. The Morgan fingerprint density at radius 1 is 1.26 bits per heavy atom. The van der Waals surface area contributed by atoms with Crippen LogP contribution >= 0.6 is 11.6 Å². The number of hydrogen-bond donors (Lipinski definition) is 1. The molecule has 1 aromatic heterocycles. The highest BCUT2D eigenvalue weighted by atomic mass is 35.5. The first-order chi connectivity index (χ1) is 10.8. The predicted octanol–water partition coefficient (Wildman–Crippen LogP) is 2.79. The number of rotatable bonds is 4. The van der Waals surface area contributed by atoms with Crippen LogP contribution in [0, 0.1) is 13.8 Å². The van der Waals surface area contributed by atoms with Gasteiger partial charge >= 0.3 is 0 Å². The number of carbonyl (C=O) groups is 1. The van der Waals surface area contributed by atoms with E-state index in [1.54, 1.807) is 0 Å². The average Bonchev–Trinajstić information content (AvgIpc) is 2.51. The van der Waals surface area contributed by atoms with Crippen molar-refractivity contribution in [3.05, 3.63) is 46.2 Å². The van der Waals surface area contributed by atoms with E-state index < -0.39 is 20.9 Å². The molecular weight excluding hydrogens is 338 g/mol. The van der Waals surface area contributed by atoms with Crippen molar-refractivity contribution in [2.75, 3.05) is 11.1 Å². The minimum Gasteiger partial charge on any atom is -0.320 e. The number of sulfone groups is 1. The minimum absolute atomic E-state index is 0.0104. The van der Waals surface area contributed by atoms with Crippen molar-refractivity contribution >= 4 is 33.0 Å². The number of nitrogens with zero attached hydrogens (tertiary/aromatic N) is 2. The summed E-state index contributed by atoms with van der Waals surface area (Å²) in [6, 6.07) is 5.60. The van der Waals surface area contributed by atoms with Crippen molar-refractivity contribution in [1.82, 2.24) is 9.97 Å². The molecule has 0 bridgehead atoms. The van der Waals surface area contributed by atoms with Gasteiger partial charge in [0.05, 0.1) is 17.0 Å². The van der Waals surface area contributed by atoms with Crippen molar-refractivity contribution < 1.29 is 13.2 Å². The van der Waals surface area contributed by atoms with Crippen LogP contribution in [-0.2, 0) is 9.84 Å². The molecule has 2 rings (SSSR count). The zero-order valence-electron chi connectivity index (χ0n) is 12.9. The van der Waals surface area contributed by atoms with Gasteiger partial charge in [-0.1, -0.05) is 36.7 Å². The van der Waals surface area contributed by atoms with Crippen LogP contribution in [0.25, 0.3) is 0 Å². The lowest BCUT2D eigenvalue weighted by atomic mass is 10.1. The molecule has 2 aromatic rings. The molecule has 0 aliphatic carbocycles. The Morgan fingerprint density at radius 2 is 1.87 bits per heavy atom. The number of aromatic nitrogens is 2.